The van der Waals surface area contributed by atoms with Gasteiger partial charge in [0.25, 0.3) is 0 Å². The SMILES string of the molecule is CC(N)C1CC2(CCC2)C1.Cl. The van der Waals surface area contributed by atoms with Gasteiger partial charge in [0.15, 0.2) is 0 Å². The fourth-order valence-electron chi connectivity index (χ4n) is 2.51. The molecule has 2 N–H and O–H groups in total. The highest BCUT2D eigenvalue weighted by molar-refractivity contribution is 5.85. The molecule has 0 heterocycles. The van der Waals surface area contributed by atoms with Gasteiger partial charge in [0, 0.05) is 6.04 Å². The number of hydrogen-bond donors (Lipinski definition) is 1. The Balaban J connectivity index is 0.000000605. The van der Waals surface area contributed by atoms with Crippen molar-refractivity contribution in [2.45, 2.75) is 45.1 Å². The van der Waals surface area contributed by atoms with Gasteiger partial charge in [0.2, 0.25) is 0 Å². The van der Waals surface area contributed by atoms with Crippen molar-refractivity contribution >= 4 is 12.4 Å². The van der Waals surface area contributed by atoms with E-state index in [1.54, 1.807) is 0 Å². The maximum atomic E-state index is 5.80. The van der Waals surface area contributed by atoms with Crippen molar-refractivity contribution < 1.29 is 0 Å². The average molecular weight is 176 g/mol. The Labute approximate surface area is 75.1 Å². The average Bonchev–Trinajstić information content (AvgIpc) is 1.54. The van der Waals surface area contributed by atoms with Crippen LogP contribution in [0.2, 0.25) is 0 Å². The lowest BCUT2D eigenvalue weighted by molar-refractivity contribution is -0.0324. The van der Waals surface area contributed by atoms with Gasteiger partial charge in [0.1, 0.15) is 0 Å². The molecule has 2 heteroatoms. The molecule has 2 saturated carbocycles. The van der Waals surface area contributed by atoms with E-state index in [9.17, 15) is 0 Å². The topological polar surface area (TPSA) is 26.0 Å². The second-order valence-corrected chi connectivity index (χ2v) is 4.38. The zero-order valence-corrected chi connectivity index (χ0v) is 7.99. The molecule has 0 aromatic heterocycles. The van der Waals surface area contributed by atoms with Crippen LogP contribution in [0.25, 0.3) is 0 Å². The molecule has 1 unspecified atom stereocenters. The summed E-state index contributed by atoms with van der Waals surface area (Å²) in [5.41, 5.74) is 6.62. The third-order valence-electron chi connectivity index (χ3n) is 3.55. The lowest BCUT2D eigenvalue weighted by Crippen LogP contribution is -2.48. The first-order chi connectivity index (χ1) is 4.72. The second kappa shape index (κ2) is 2.95. The molecular formula is C9H18ClN. The van der Waals surface area contributed by atoms with E-state index in [0.717, 1.165) is 11.3 Å². The molecule has 0 amide bonds. The summed E-state index contributed by atoms with van der Waals surface area (Å²) in [6.45, 7) is 2.15. The van der Waals surface area contributed by atoms with E-state index in [1.807, 2.05) is 0 Å². The summed E-state index contributed by atoms with van der Waals surface area (Å²) >= 11 is 0. The highest BCUT2D eigenvalue weighted by Gasteiger charge is 2.48. The van der Waals surface area contributed by atoms with Gasteiger partial charge in [0.05, 0.1) is 0 Å². The molecule has 0 radical (unpaired) electrons. The van der Waals surface area contributed by atoms with Crippen molar-refractivity contribution in [1.29, 1.82) is 0 Å². The van der Waals surface area contributed by atoms with Crippen molar-refractivity contribution in [3.05, 3.63) is 0 Å². The number of rotatable bonds is 1. The van der Waals surface area contributed by atoms with Crippen molar-refractivity contribution in [3.63, 3.8) is 0 Å². The van der Waals surface area contributed by atoms with Crippen LogP contribution < -0.4 is 5.73 Å². The van der Waals surface area contributed by atoms with E-state index < -0.39 is 0 Å². The van der Waals surface area contributed by atoms with Crippen molar-refractivity contribution in [3.8, 4) is 0 Å². The molecule has 66 valence electrons. The van der Waals surface area contributed by atoms with Crippen molar-refractivity contribution in [2.75, 3.05) is 0 Å². The molecule has 0 saturated heterocycles. The van der Waals surface area contributed by atoms with Gasteiger partial charge in [-0.05, 0) is 43.9 Å². The van der Waals surface area contributed by atoms with Crippen LogP contribution in [0.5, 0.6) is 0 Å². The molecule has 0 aliphatic heterocycles. The summed E-state index contributed by atoms with van der Waals surface area (Å²) in [5.74, 6) is 0.861. The number of hydrogen-bond acceptors (Lipinski definition) is 1. The number of nitrogens with two attached hydrogens (primary N) is 1. The molecule has 11 heavy (non-hydrogen) atoms. The zero-order chi connectivity index (χ0) is 7.19. The largest absolute Gasteiger partial charge is 0.328 e. The maximum Gasteiger partial charge on any atom is 0.00391 e. The molecule has 0 bridgehead atoms. The molecule has 0 aromatic carbocycles. The minimum absolute atomic E-state index is 0. The Bertz CT molecular complexity index is 132. The lowest BCUT2D eigenvalue weighted by Gasteiger charge is -2.55. The Kier molecular flexibility index (Phi) is 2.50. The van der Waals surface area contributed by atoms with Crippen molar-refractivity contribution in [1.82, 2.24) is 0 Å². The van der Waals surface area contributed by atoms with Crippen LogP contribution in [0.4, 0.5) is 0 Å². The van der Waals surface area contributed by atoms with Gasteiger partial charge in [-0.2, -0.15) is 0 Å². The van der Waals surface area contributed by atoms with Gasteiger partial charge in [-0.15, -0.1) is 12.4 Å². The van der Waals surface area contributed by atoms with E-state index in [-0.39, 0.29) is 12.4 Å². The summed E-state index contributed by atoms with van der Waals surface area (Å²) in [6.07, 6.45) is 7.34. The van der Waals surface area contributed by atoms with E-state index in [2.05, 4.69) is 6.92 Å². The third kappa shape index (κ3) is 1.41. The molecular weight excluding hydrogens is 158 g/mol. The van der Waals surface area contributed by atoms with Gasteiger partial charge in [-0.25, -0.2) is 0 Å². The van der Waals surface area contributed by atoms with Crippen molar-refractivity contribution in [2.24, 2.45) is 17.1 Å². The first-order valence-electron chi connectivity index (χ1n) is 4.47. The highest BCUT2D eigenvalue weighted by Crippen LogP contribution is 2.59. The first kappa shape index (κ1) is 9.34. The Morgan fingerprint density at radius 2 is 1.91 bits per heavy atom. The first-order valence-corrected chi connectivity index (χ1v) is 4.47. The van der Waals surface area contributed by atoms with Crippen LogP contribution in [0.3, 0.4) is 0 Å². The normalized spacial score (nSPS) is 30.0. The van der Waals surface area contributed by atoms with Crippen LogP contribution in [0.15, 0.2) is 0 Å². The van der Waals surface area contributed by atoms with Crippen LogP contribution >= 0.6 is 12.4 Å². The molecule has 0 aromatic rings. The molecule has 2 aliphatic rings. The molecule has 1 atom stereocenters. The molecule has 2 rings (SSSR count). The predicted molar refractivity (Wildman–Crippen MR) is 49.9 cm³/mol. The Hall–Kier alpha value is 0.250. The van der Waals surface area contributed by atoms with E-state index >= 15 is 0 Å². The second-order valence-electron chi connectivity index (χ2n) is 4.38. The molecule has 2 fully saturated rings. The highest BCUT2D eigenvalue weighted by atomic mass is 35.5. The zero-order valence-electron chi connectivity index (χ0n) is 7.18. The summed E-state index contributed by atoms with van der Waals surface area (Å²) in [6, 6.07) is 0.450. The van der Waals surface area contributed by atoms with Crippen LogP contribution in [0, 0.1) is 11.3 Å². The van der Waals surface area contributed by atoms with Gasteiger partial charge >= 0.3 is 0 Å². The summed E-state index contributed by atoms with van der Waals surface area (Å²) in [5, 5.41) is 0. The Morgan fingerprint density at radius 1 is 1.36 bits per heavy atom. The molecule has 1 nitrogen and oxygen atoms in total. The monoisotopic (exact) mass is 175 g/mol. The Morgan fingerprint density at radius 3 is 2.18 bits per heavy atom. The summed E-state index contributed by atoms with van der Waals surface area (Å²) in [4.78, 5) is 0. The summed E-state index contributed by atoms with van der Waals surface area (Å²) in [7, 11) is 0. The molecule has 1 spiro atoms. The molecule has 2 aliphatic carbocycles. The van der Waals surface area contributed by atoms with Crippen LogP contribution in [0.1, 0.15) is 39.0 Å². The fourth-order valence-corrected chi connectivity index (χ4v) is 2.51. The van der Waals surface area contributed by atoms with E-state index in [1.165, 1.54) is 32.1 Å². The third-order valence-corrected chi connectivity index (χ3v) is 3.55. The standard InChI is InChI=1S/C9H17N.ClH/c1-7(10)8-5-9(6-8)3-2-4-9;/h7-8H,2-6,10H2,1H3;1H. The maximum absolute atomic E-state index is 5.80. The van der Waals surface area contributed by atoms with E-state index in [4.69, 9.17) is 5.73 Å². The predicted octanol–water partition coefficient (Wildman–Crippen LogP) is 2.34. The van der Waals surface area contributed by atoms with Gasteiger partial charge in [-0.1, -0.05) is 6.42 Å². The van der Waals surface area contributed by atoms with Gasteiger partial charge < -0.3 is 5.73 Å². The lowest BCUT2D eigenvalue weighted by atomic mass is 9.51. The quantitative estimate of drug-likeness (QED) is 0.651. The number of halogens is 1. The van der Waals surface area contributed by atoms with E-state index in [0.29, 0.717) is 6.04 Å². The minimum Gasteiger partial charge on any atom is -0.328 e. The minimum atomic E-state index is 0. The van der Waals surface area contributed by atoms with Crippen LogP contribution in [-0.2, 0) is 0 Å². The summed E-state index contributed by atoms with van der Waals surface area (Å²) < 4.78 is 0. The van der Waals surface area contributed by atoms with Gasteiger partial charge in [-0.3, -0.25) is 0 Å². The fraction of sp³-hybridized carbons (Fsp3) is 1.00. The smallest absolute Gasteiger partial charge is 0.00391 e. The van der Waals surface area contributed by atoms with Crippen LogP contribution in [-0.4, -0.2) is 6.04 Å².